The van der Waals surface area contributed by atoms with Crippen LogP contribution in [-0.2, 0) is 6.54 Å². The molecule has 0 aromatic heterocycles. The van der Waals surface area contributed by atoms with Crippen LogP contribution >= 0.6 is 0 Å². The van der Waals surface area contributed by atoms with E-state index >= 15 is 0 Å². The van der Waals surface area contributed by atoms with E-state index in [4.69, 9.17) is 5.26 Å². The first-order valence-corrected chi connectivity index (χ1v) is 6.67. The second kappa shape index (κ2) is 6.53. The molecular weight excluding hydrogens is 224 g/mol. The zero-order chi connectivity index (χ0) is 12.8. The standard InChI is InChI=1S/C15H20N2O/c16-11-13-5-7-14(8-6-13)12-17(9-10-18)15-3-1-2-4-15/h5-8,15,18H,1-4,9-10,12H2. The lowest BCUT2D eigenvalue weighted by molar-refractivity contribution is 0.145. The number of rotatable bonds is 5. The van der Waals surface area contributed by atoms with Crippen molar-refractivity contribution in [2.24, 2.45) is 0 Å². The summed E-state index contributed by atoms with van der Waals surface area (Å²) in [6.45, 7) is 1.83. The van der Waals surface area contributed by atoms with E-state index < -0.39 is 0 Å². The van der Waals surface area contributed by atoms with Gasteiger partial charge in [0.05, 0.1) is 18.2 Å². The Balaban J connectivity index is 2.00. The zero-order valence-electron chi connectivity index (χ0n) is 10.7. The molecule has 0 radical (unpaired) electrons. The van der Waals surface area contributed by atoms with E-state index in [-0.39, 0.29) is 6.61 Å². The van der Waals surface area contributed by atoms with Gasteiger partial charge in [0.15, 0.2) is 0 Å². The van der Waals surface area contributed by atoms with Gasteiger partial charge in [-0.05, 0) is 30.5 Å². The van der Waals surface area contributed by atoms with E-state index in [9.17, 15) is 5.11 Å². The normalized spacial score (nSPS) is 16.1. The van der Waals surface area contributed by atoms with Crippen LogP contribution < -0.4 is 0 Å². The molecule has 1 saturated carbocycles. The van der Waals surface area contributed by atoms with Crippen LogP contribution in [0.15, 0.2) is 24.3 Å². The molecule has 1 aromatic rings. The number of hydrogen-bond acceptors (Lipinski definition) is 3. The summed E-state index contributed by atoms with van der Waals surface area (Å²) >= 11 is 0. The number of aliphatic hydroxyl groups is 1. The minimum atomic E-state index is 0.215. The maximum Gasteiger partial charge on any atom is 0.0991 e. The predicted molar refractivity (Wildman–Crippen MR) is 70.9 cm³/mol. The molecule has 2 rings (SSSR count). The highest BCUT2D eigenvalue weighted by molar-refractivity contribution is 5.31. The SMILES string of the molecule is N#Cc1ccc(CN(CCO)C2CCCC2)cc1. The van der Waals surface area contributed by atoms with Crippen molar-refractivity contribution in [2.75, 3.05) is 13.2 Å². The Bertz CT molecular complexity index is 401. The molecule has 3 heteroatoms. The number of benzene rings is 1. The van der Waals surface area contributed by atoms with Gasteiger partial charge in [-0.1, -0.05) is 25.0 Å². The summed E-state index contributed by atoms with van der Waals surface area (Å²) in [5.41, 5.74) is 1.92. The summed E-state index contributed by atoms with van der Waals surface area (Å²) in [5.74, 6) is 0. The fourth-order valence-corrected chi connectivity index (χ4v) is 2.71. The highest BCUT2D eigenvalue weighted by atomic mass is 16.3. The highest BCUT2D eigenvalue weighted by Gasteiger charge is 2.21. The van der Waals surface area contributed by atoms with Crippen LogP contribution in [0.5, 0.6) is 0 Å². The molecule has 0 aliphatic heterocycles. The molecule has 3 nitrogen and oxygen atoms in total. The van der Waals surface area contributed by atoms with Crippen LogP contribution in [-0.4, -0.2) is 29.2 Å². The lowest BCUT2D eigenvalue weighted by Gasteiger charge is -2.28. The van der Waals surface area contributed by atoms with Crippen molar-refractivity contribution in [3.63, 3.8) is 0 Å². The number of aliphatic hydroxyl groups excluding tert-OH is 1. The van der Waals surface area contributed by atoms with Crippen molar-refractivity contribution in [1.82, 2.24) is 4.90 Å². The Kier molecular flexibility index (Phi) is 4.74. The monoisotopic (exact) mass is 244 g/mol. The summed E-state index contributed by atoms with van der Waals surface area (Å²) in [6, 6.07) is 10.5. The molecule has 1 aliphatic rings. The first-order valence-electron chi connectivity index (χ1n) is 6.67. The molecule has 0 amide bonds. The smallest absolute Gasteiger partial charge is 0.0991 e. The average Bonchev–Trinajstić information content (AvgIpc) is 2.93. The van der Waals surface area contributed by atoms with Crippen molar-refractivity contribution < 1.29 is 5.11 Å². The van der Waals surface area contributed by atoms with E-state index in [0.29, 0.717) is 11.6 Å². The van der Waals surface area contributed by atoms with Gasteiger partial charge in [-0.3, -0.25) is 4.90 Å². The third kappa shape index (κ3) is 3.32. The number of nitrogens with zero attached hydrogens (tertiary/aromatic N) is 2. The molecule has 1 N–H and O–H groups in total. The van der Waals surface area contributed by atoms with Crippen molar-refractivity contribution in [1.29, 1.82) is 5.26 Å². The quantitative estimate of drug-likeness (QED) is 0.864. The molecule has 0 bridgehead atoms. The Labute approximate surface area is 109 Å². The number of nitriles is 1. The summed E-state index contributed by atoms with van der Waals surface area (Å²) in [7, 11) is 0. The van der Waals surface area contributed by atoms with Crippen LogP contribution in [0.4, 0.5) is 0 Å². The van der Waals surface area contributed by atoms with E-state index in [2.05, 4.69) is 11.0 Å². The summed E-state index contributed by atoms with van der Waals surface area (Å²) in [5, 5.41) is 17.9. The van der Waals surface area contributed by atoms with Crippen molar-refractivity contribution in [2.45, 2.75) is 38.3 Å². The van der Waals surface area contributed by atoms with Crippen molar-refractivity contribution in [3.8, 4) is 6.07 Å². The van der Waals surface area contributed by atoms with Gasteiger partial charge in [-0.15, -0.1) is 0 Å². The summed E-state index contributed by atoms with van der Waals surface area (Å²) in [4.78, 5) is 2.37. The molecule has 1 aromatic carbocycles. The third-order valence-electron chi connectivity index (χ3n) is 3.70. The Morgan fingerprint density at radius 2 is 1.89 bits per heavy atom. The average molecular weight is 244 g/mol. The van der Waals surface area contributed by atoms with E-state index in [1.807, 2.05) is 24.3 Å². The van der Waals surface area contributed by atoms with Gasteiger partial charge < -0.3 is 5.11 Å². The molecule has 18 heavy (non-hydrogen) atoms. The Morgan fingerprint density at radius 3 is 2.44 bits per heavy atom. The fraction of sp³-hybridized carbons (Fsp3) is 0.533. The number of hydrogen-bond donors (Lipinski definition) is 1. The molecule has 0 heterocycles. The van der Waals surface area contributed by atoms with Crippen LogP contribution in [0.3, 0.4) is 0 Å². The molecular formula is C15H20N2O. The second-order valence-corrected chi connectivity index (χ2v) is 4.94. The lowest BCUT2D eigenvalue weighted by atomic mass is 10.1. The maximum atomic E-state index is 9.17. The Morgan fingerprint density at radius 1 is 1.22 bits per heavy atom. The predicted octanol–water partition coefficient (Wildman–Crippen LogP) is 2.30. The van der Waals surface area contributed by atoms with Crippen LogP contribution in [0.1, 0.15) is 36.8 Å². The van der Waals surface area contributed by atoms with Crippen molar-refractivity contribution >= 4 is 0 Å². The zero-order valence-corrected chi connectivity index (χ0v) is 10.7. The maximum absolute atomic E-state index is 9.17. The highest BCUT2D eigenvalue weighted by Crippen LogP contribution is 2.24. The first kappa shape index (κ1) is 13.1. The van der Waals surface area contributed by atoms with E-state index in [1.54, 1.807) is 0 Å². The van der Waals surface area contributed by atoms with Crippen LogP contribution in [0.2, 0.25) is 0 Å². The fourth-order valence-electron chi connectivity index (χ4n) is 2.71. The largest absolute Gasteiger partial charge is 0.395 e. The van der Waals surface area contributed by atoms with E-state index in [1.165, 1.54) is 31.2 Å². The molecule has 1 aliphatic carbocycles. The third-order valence-corrected chi connectivity index (χ3v) is 3.70. The molecule has 0 unspecified atom stereocenters. The second-order valence-electron chi connectivity index (χ2n) is 4.94. The van der Waals surface area contributed by atoms with Gasteiger partial charge >= 0.3 is 0 Å². The first-order chi connectivity index (χ1) is 8.83. The minimum absolute atomic E-state index is 0.215. The van der Waals surface area contributed by atoms with Crippen LogP contribution in [0.25, 0.3) is 0 Å². The molecule has 1 fully saturated rings. The van der Waals surface area contributed by atoms with Gasteiger partial charge in [0.2, 0.25) is 0 Å². The van der Waals surface area contributed by atoms with Crippen molar-refractivity contribution in [3.05, 3.63) is 35.4 Å². The van der Waals surface area contributed by atoms with Crippen LogP contribution in [0, 0.1) is 11.3 Å². The molecule has 0 atom stereocenters. The lowest BCUT2D eigenvalue weighted by Crippen LogP contribution is -2.35. The molecule has 0 saturated heterocycles. The van der Waals surface area contributed by atoms with Gasteiger partial charge in [0.25, 0.3) is 0 Å². The summed E-state index contributed by atoms with van der Waals surface area (Å²) < 4.78 is 0. The van der Waals surface area contributed by atoms with Gasteiger partial charge in [-0.25, -0.2) is 0 Å². The van der Waals surface area contributed by atoms with Gasteiger partial charge in [0, 0.05) is 19.1 Å². The van der Waals surface area contributed by atoms with Gasteiger partial charge in [-0.2, -0.15) is 5.26 Å². The molecule has 96 valence electrons. The van der Waals surface area contributed by atoms with Gasteiger partial charge in [0.1, 0.15) is 0 Å². The molecule has 0 spiro atoms. The van der Waals surface area contributed by atoms with E-state index in [0.717, 1.165) is 13.1 Å². The Hall–Kier alpha value is -1.37. The minimum Gasteiger partial charge on any atom is -0.395 e. The topological polar surface area (TPSA) is 47.3 Å². The summed E-state index contributed by atoms with van der Waals surface area (Å²) in [6.07, 6.45) is 5.10.